The van der Waals surface area contributed by atoms with E-state index in [1.54, 1.807) is 0 Å². The molecule has 1 rings (SSSR count). The molecule has 0 aromatic heterocycles. The van der Waals surface area contributed by atoms with Gasteiger partial charge in [0.05, 0.1) is 30.1 Å². The molecule has 0 spiro atoms. The van der Waals surface area contributed by atoms with Crippen LogP contribution in [-0.4, -0.2) is 34.3 Å². The summed E-state index contributed by atoms with van der Waals surface area (Å²) in [6.45, 7) is 0.994. The van der Waals surface area contributed by atoms with Crippen molar-refractivity contribution < 1.29 is 30.1 Å². The lowest BCUT2D eigenvalue weighted by Crippen LogP contribution is -2.11. The molecule has 1 atom stereocenters. The molecule has 0 saturated heterocycles. The van der Waals surface area contributed by atoms with Crippen LogP contribution >= 0.6 is 0 Å². The average Bonchev–Trinajstić information content (AvgIpc) is 2.33. The molecule has 9 nitrogen and oxygen atoms in total. The van der Waals surface area contributed by atoms with E-state index in [-0.39, 0.29) is 23.4 Å². The number of nitro benzene ring substituents is 1. The Bertz CT molecular complexity index is 769. The lowest BCUT2D eigenvalue weighted by atomic mass is 10.0. The summed E-state index contributed by atoms with van der Waals surface area (Å²) in [5.41, 5.74) is 0.150. The van der Waals surface area contributed by atoms with Crippen molar-refractivity contribution in [3.05, 3.63) is 39.4 Å². The Labute approximate surface area is 128 Å². The maximum Gasteiger partial charge on any atom is 0.269 e. The van der Waals surface area contributed by atoms with E-state index in [1.165, 1.54) is 13.0 Å². The normalized spacial score (nSPS) is 13.8. The first kappa shape index (κ1) is 18.5. The molecular formula is C11H15NO8S2. The smallest absolute Gasteiger partial charge is 0.265 e. The Kier molecular flexibility index (Phi) is 5.62. The second kappa shape index (κ2) is 6.69. The molecule has 0 aliphatic heterocycles. The van der Waals surface area contributed by atoms with Gasteiger partial charge in [-0.25, -0.2) is 0 Å². The van der Waals surface area contributed by atoms with Crippen molar-refractivity contribution in [2.75, 3.05) is 12.5 Å². The van der Waals surface area contributed by atoms with Crippen LogP contribution in [0, 0.1) is 10.1 Å². The summed E-state index contributed by atoms with van der Waals surface area (Å²) in [7, 11) is -7.51. The van der Waals surface area contributed by atoms with Crippen LogP contribution in [0.3, 0.4) is 0 Å². The summed E-state index contributed by atoms with van der Waals surface area (Å²) < 4.78 is 53.8. The van der Waals surface area contributed by atoms with Crippen LogP contribution < -0.4 is 0 Å². The van der Waals surface area contributed by atoms with Crippen molar-refractivity contribution in [1.29, 1.82) is 0 Å². The molecule has 0 saturated carbocycles. The van der Waals surface area contributed by atoms with Gasteiger partial charge < -0.3 is 0 Å². The number of hydrogen-bond acceptors (Lipinski definition) is 8. The Morgan fingerprint density at radius 3 is 2.23 bits per heavy atom. The molecule has 0 aliphatic carbocycles. The molecule has 1 aromatic carbocycles. The van der Waals surface area contributed by atoms with Crippen LogP contribution in [0.15, 0.2) is 18.2 Å². The molecule has 11 heteroatoms. The van der Waals surface area contributed by atoms with Crippen LogP contribution in [0.25, 0.3) is 0 Å². The van der Waals surface area contributed by atoms with Crippen LogP contribution in [0.1, 0.15) is 24.2 Å². The zero-order valence-electron chi connectivity index (χ0n) is 12.0. The lowest BCUT2D eigenvalue weighted by Gasteiger charge is -2.15. The molecule has 22 heavy (non-hydrogen) atoms. The Hall–Kier alpha value is -1.56. The van der Waals surface area contributed by atoms with Gasteiger partial charge in [-0.3, -0.25) is 18.5 Å². The molecule has 0 fully saturated rings. The standard InChI is InChI=1S/C11H15NO8S2/c1-8(20-22(3,17)18)11-6-10(12(13)14)5-4-9(11)7-19-21(2,15)16/h4-6,8H,7H2,1-3H3. The van der Waals surface area contributed by atoms with Crippen LogP contribution in [0.5, 0.6) is 0 Å². The highest BCUT2D eigenvalue weighted by Crippen LogP contribution is 2.27. The number of non-ortho nitro benzene ring substituents is 1. The molecule has 0 aliphatic rings. The van der Waals surface area contributed by atoms with Gasteiger partial charge in [-0.2, -0.15) is 16.8 Å². The SMILES string of the molecule is CC(OS(C)(=O)=O)c1cc([N+](=O)[O-])ccc1COS(C)(=O)=O. The average molecular weight is 353 g/mol. The Balaban J connectivity index is 3.23. The molecule has 124 valence electrons. The van der Waals surface area contributed by atoms with Gasteiger partial charge in [0.25, 0.3) is 25.9 Å². The summed E-state index contributed by atoms with van der Waals surface area (Å²) >= 11 is 0. The first-order chi connectivity index (χ1) is 9.89. The highest BCUT2D eigenvalue weighted by Gasteiger charge is 2.20. The quantitative estimate of drug-likeness (QED) is 0.405. The third-order valence-corrected chi connectivity index (χ3v) is 3.71. The van der Waals surface area contributed by atoms with E-state index in [9.17, 15) is 26.9 Å². The minimum atomic E-state index is -3.79. The second-order valence-corrected chi connectivity index (χ2v) is 7.79. The summed E-state index contributed by atoms with van der Waals surface area (Å²) in [4.78, 5) is 10.2. The number of hydrogen-bond donors (Lipinski definition) is 0. The predicted octanol–water partition coefficient (Wildman–Crippen LogP) is 1.11. The van der Waals surface area contributed by atoms with Crippen molar-refractivity contribution in [2.45, 2.75) is 19.6 Å². The Morgan fingerprint density at radius 1 is 1.18 bits per heavy atom. The number of benzene rings is 1. The van der Waals surface area contributed by atoms with E-state index >= 15 is 0 Å². The van der Waals surface area contributed by atoms with E-state index < -0.39 is 31.3 Å². The van der Waals surface area contributed by atoms with Gasteiger partial charge in [0, 0.05) is 12.1 Å². The van der Waals surface area contributed by atoms with E-state index in [2.05, 4.69) is 4.18 Å². The molecule has 0 amide bonds. The van der Waals surface area contributed by atoms with E-state index in [4.69, 9.17) is 4.18 Å². The first-order valence-corrected chi connectivity index (χ1v) is 9.52. The molecule has 0 radical (unpaired) electrons. The minimum Gasteiger partial charge on any atom is -0.265 e. The molecule has 0 heterocycles. The third-order valence-electron chi connectivity index (χ3n) is 2.53. The fourth-order valence-electron chi connectivity index (χ4n) is 1.69. The first-order valence-electron chi connectivity index (χ1n) is 5.89. The zero-order chi connectivity index (χ0) is 17.1. The van der Waals surface area contributed by atoms with Crippen LogP contribution in [-0.2, 0) is 35.2 Å². The molecule has 1 unspecified atom stereocenters. The highest BCUT2D eigenvalue weighted by molar-refractivity contribution is 7.86. The van der Waals surface area contributed by atoms with Gasteiger partial charge in [0.2, 0.25) is 0 Å². The maximum absolute atomic E-state index is 11.2. The van der Waals surface area contributed by atoms with Crippen molar-refractivity contribution in [2.24, 2.45) is 0 Å². The maximum atomic E-state index is 11.2. The van der Waals surface area contributed by atoms with Crippen molar-refractivity contribution in [3.8, 4) is 0 Å². The molecule has 0 bridgehead atoms. The topological polar surface area (TPSA) is 130 Å². The summed E-state index contributed by atoms with van der Waals surface area (Å²) in [6.07, 6.45) is 0.662. The predicted molar refractivity (Wildman–Crippen MR) is 77.1 cm³/mol. The minimum absolute atomic E-state index is 0.156. The van der Waals surface area contributed by atoms with Crippen molar-refractivity contribution in [1.82, 2.24) is 0 Å². The molecular weight excluding hydrogens is 338 g/mol. The van der Waals surface area contributed by atoms with E-state index in [1.807, 2.05) is 0 Å². The third kappa shape index (κ3) is 6.05. The number of nitrogens with zero attached hydrogens (tertiary/aromatic N) is 1. The fourth-order valence-corrected chi connectivity index (χ4v) is 2.66. The van der Waals surface area contributed by atoms with Crippen LogP contribution in [0.2, 0.25) is 0 Å². The van der Waals surface area contributed by atoms with Crippen LogP contribution in [0.4, 0.5) is 5.69 Å². The number of rotatable bonds is 7. The van der Waals surface area contributed by atoms with Crippen molar-refractivity contribution in [3.63, 3.8) is 0 Å². The molecule has 1 aromatic rings. The van der Waals surface area contributed by atoms with Gasteiger partial charge in [-0.15, -0.1) is 0 Å². The fraction of sp³-hybridized carbons (Fsp3) is 0.455. The largest absolute Gasteiger partial charge is 0.269 e. The highest BCUT2D eigenvalue weighted by atomic mass is 32.2. The lowest BCUT2D eigenvalue weighted by molar-refractivity contribution is -0.385. The number of nitro groups is 1. The summed E-state index contributed by atoms with van der Waals surface area (Å²) in [5, 5.41) is 10.8. The van der Waals surface area contributed by atoms with E-state index in [0.717, 1.165) is 24.6 Å². The van der Waals surface area contributed by atoms with Gasteiger partial charge in [0.1, 0.15) is 0 Å². The zero-order valence-corrected chi connectivity index (χ0v) is 13.7. The second-order valence-electron chi connectivity index (χ2n) is 4.55. The van der Waals surface area contributed by atoms with E-state index in [0.29, 0.717) is 0 Å². The molecule has 0 N–H and O–H groups in total. The van der Waals surface area contributed by atoms with Gasteiger partial charge in [-0.1, -0.05) is 0 Å². The van der Waals surface area contributed by atoms with Crippen molar-refractivity contribution >= 4 is 25.9 Å². The summed E-state index contributed by atoms with van der Waals surface area (Å²) in [5.74, 6) is 0. The van der Waals surface area contributed by atoms with Gasteiger partial charge >= 0.3 is 0 Å². The van der Waals surface area contributed by atoms with Gasteiger partial charge in [-0.05, 0) is 24.1 Å². The summed E-state index contributed by atoms with van der Waals surface area (Å²) in [6, 6.07) is 3.58. The van der Waals surface area contributed by atoms with Gasteiger partial charge in [0.15, 0.2) is 0 Å². The Morgan fingerprint density at radius 2 is 1.77 bits per heavy atom. The monoisotopic (exact) mass is 353 g/mol.